The van der Waals surface area contributed by atoms with Crippen LogP contribution in [0.2, 0.25) is 0 Å². The Labute approximate surface area is 172 Å². The van der Waals surface area contributed by atoms with E-state index < -0.39 is 11.4 Å². The summed E-state index contributed by atoms with van der Waals surface area (Å²) in [5.74, 6) is 0.982. The van der Waals surface area contributed by atoms with E-state index in [0.29, 0.717) is 23.7 Å². The van der Waals surface area contributed by atoms with Gasteiger partial charge in [0.1, 0.15) is 0 Å². The van der Waals surface area contributed by atoms with Crippen molar-refractivity contribution in [2.24, 2.45) is 23.7 Å². The first-order chi connectivity index (χ1) is 14.0. The zero-order valence-electron chi connectivity index (χ0n) is 17.5. The standard InChI is InChI=1S/C25H30O4/c1-15-8-11-21-16(2)22(19-10-9-17-6-4-5-7-18(17)14-19)26-23-25(21)20(15)12-13-24(3,27-23)28-29-25/h4-7,9-10,14-16,20-23H,8,11-13H2,1-3H3/t15-,16-,20+,21+,22+,23-,24+,25-/m1/s1. The van der Waals surface area contributed by atoms with Crippen LogP contribution in [0.3, 0.4) is 0 Å². The smallest absolute Gasteiger partial charge is 0.201 e. The Bertz CT molecular complexity index is 943. The molecular weight excluding hydrogens is 364 g/mol. The van der Waals surface area contributed by atoms with Gasteiger partial charge in [0, 0.05) is 12.3 Å². The average molecular weight is 395 g/mol. The minimum absolute atomic E-state index is 0.000775. The summed E-state index contributed by atoms with van der Waals surface area (Å²) in [6, 6.07) is 15.2. The van der Waals surface area contributed by atoms with E-state index in [9.17, 15) is 0 Å². The number of ether oxygens (including phenoxy) is 2. The van der Waals surface area contributed by atoms with Gasteiger partial charge in [-0.2, -0.15) is 0 Å². The Kier molecular flexibility index (Phi) is 3.96. The molecule has 4 nitrogen and oxygen atoms in total. The van der Waals surface area contributed by atoms with Gasteiger partial charge >= 0.3 is 0 Å². The molecule has 0 aromatic heterocycles. The van der Waals surface area contributed by atoms with Crippen molar-refractivity contribution < 1.29 is 19.2 Å². The maximum absolute atomic E-state index is 6.76. The van der Waals surface area contributed by atoms with Crippen molar-refractivity contribution >= 4 is 10.8 Å². The molecule has 5 fully saturated rings. The summed E-state index contributed by atoms with van der Waals surface area (Å²) in [5, 5.41) is 2.52. The Morgan fingerprint density at radius 3 is 2.59 bits per heavy atom. The van der Waals surface area contributed by atoms with Crippen LogP contribution in [-0.4, -0.2) is 17.7 Å². The highest BCUT2D eigenvalue weighted by atomic mass is 17.3. The van der Waals surface area contributed by atoms with Crippen LogP contribution in [0.25, 0.3) is 10.8 Å². The van der Waals surface area contributed by atoms with Gasteiger partial charge in [0.25, 0.3) is 0 Å². The molecule has 5 aliphatic rings. The quantitative estimate of drug-likeness (QED) is 0.576. The van der Waals surface area contributed by atoms with Gasteiger partial charge in [-0.1, -0.05) is 50.2 Å². The SMILES string of the molecule is C[C@H]1[C@@H](c2ccc3ccccc3c2)O[C@@H]2O[C@]3(C)CC[C@H]4[C@H](C)CC[C@@H]1[C@@]24OO3. The second kappa shape index (κ2) is 6.27. The summed E-state index contributed by atoms with van der Waals surface area (Å²) < 4.78 is 13.3. The molecule has 4 heteroatoms. The molecule has 4 aliphatic heterocycles. The number of fused-ring (bicyclic) bond motifs is 3. The third-order valence-corrected chi connectivity index (χ3v) is 8.26. The van der Waals surface area contributed by atoms with Crippen LogP contribution in [0.15, 0.2) is 42.5 Å². The van der Waals surface area contributed by atoms with Crippen molar-refractivity contribution in [3.63, 3.8) is 0 Å². The summed E-state index contributed by atoms with van der Waals surface area (Å²) in [6.45, 7) is 6.67. The van der Waals surface area contributed by atoms with Crippen molar-refractivity contribution in [2.45, 2.75) is 70.2 Å². The van der Waals surface area contributed by atoms with Crippen molar-refractivity contribution in [1.29, 1.82) is 0 Å². The van der Waals surface area contributed by atoms with Crippen molar-refractivity contribution in [2.75, 3.05) is 0 Å². The molecule has 2 bridgehead atoms. The minimum atomic E-state index is -0.716. The fourth-order valence-electron chi connectivity index (χ4n) is 6.67. The Morgan fingerprint density at radius 2 is 1.72 bits per heavy atom. The average Bonchev–Trinajstić information content (AvgIpc) is 2.96. The first-order valence-corrected chi connectivity index (χ1v) is 11.2. The molecule has 0 amide bonds. The van der Waals surface area contributed by atoms with E-state index in [2.05, 4.69) is 56.3 Å². The van der Waals surface area contributed by atoms with Crippen LogP contribution in [0.5, 0.6) is 0 Å². The molecular formula is C25H30O4. The molecule has 7 rings (SSSR count). The van der Waals surface area contributed by atoms with Crippen molar-refractivity contribution in [3.05, 3.63) is 48.0 Å². The van der Waals surface area contributed by atoms with Crippen molar-refractivity contribution in [3.8, 4) is 0 Å². The number of benzene rings is 2. The van der Waals surface area contributed by atoms with Gasteiger partial charge < -0.3 is 9.47 Å². The molecule has 2 aromatic rings. The van der Waals surface area contributed by atoms with Crippen LogP contribution in [0.4, 0.5) is 0 Å². The number of hydrogen-bond acceptors (Lipinski definition) is 4. The summed E-state index contributed by atoms with van der Waals surface area (Å²) in [5.41, 5.74) is 0.747. The molecule has 1 saturated carbocycles. The molecule has 29 heavy (non-hydrogen) atoms. The van der Waals surface area contributed by atoms with Crippen LogP contribution in [0.1, 0.15) is 58.1 Å². The monoisotopic (exact) mass is 394 g/mol. The maximum Gasteiger partial charge on any atom is 0.201 e. The van der Waals surface area contributed by atoms with E-state index in [1.807, 2.05) is 6.92 Å². The second-order valence-electron chi connectivity index (χ2n) is 9.93. The minimum Gasteiger partial charge on any atom is -0.341 e. The van der Waals surface area contributed by atoms with E-state index in [0.717, 1.165) is 19.3 Å². The van der Waals surface area contributed by atoms with Crippen molar-refractivity contribution in [1.82, 2.24) is 0 Å². The third kappa shape index (κ3) is 2.53. The normalized spacial score (nSPS) is 46.3. The van der Waals surface area contributed by atoms with Gasteiger partial charge in [0.05, 0.1) is 6.10 Å². The predicted octanol–water partition coefficient (Wildman–Crippen LogP) is 5.76. The lowest BCUT2D eigenvalue weighted by molar-refractivity contribution is -0.571. The molecule has 0 radical (unpaired) electrons. The molecule has 2 aromatic carbocycles. The Hall–Kier alpha value is -1.46. The van der Waals surface area contributed by atoms with Gasteiger partial charge in [-0.3, -0.25) is 0 Å². The number of rotatable bonds is 1. The largest absolute Gasteiger partial charge is 0.341 e. The predicted molar refractivity (Wildman–Crippen MR) is 110 cm³/mol. The van der Waals surface area contributed by atoms with E-state index in [4.69, 9.17) is 19.2 Å². The Morgan fingerprint density at radius 1 is 0.897 bits per heavy atom. The highest BCUT2D eigenvalue weighted by Crippen LogP contribution is 2.62. The third-order valence-electron chi connectivity index (χ3n) is 8.26. The summed E-state index contributed by atoms with van der Waals surface area (Å²) in [4.78, 5) is 12.2. The highest BCUT2D eigenvalue weighted by Gasteiger charge is 2.69. The van der Waals surface area contributed by atoms with Gasteiger partial charge in [-0.15, -0.1) is 0 Å². The summed E-state index contributed by atoms with van der Waals surface area (Å²) in [7, 11) is 0. The highest BCUT2D eigenvalue weighted by molar-refractivity contribution is 5.83. The summed E-state index contributed by atoms with van der Waals surface area (Å²) in [6.07, 6.45) is 3.91. The zero-order chi connectivity index (χ0) is 19.8. The molecule has 1 aliphatic carbocycles. The lowest BCUT2D eigenvalue weighted by Gasteiger charge is -2.60. The van der Waals surface area contributed by atoms with Gasteiger partial charge in [0.15, 0.2) is 11.9 Å². The van der Waals surface area contributed by atoms with Crippen LogP contribution in [0, 0.1) is 23.7 Å². The van der Waals surface area contributed by atoms with Gasteiger partial charge in [0.2, 0.25) is 5.79 Å². The first-order valence-electron chi connectivity index (χ1n) is 11.2. The van der Waals surface area contributed by atoms with E-state index in [1.54, 1.807) is 0 Å². The molecule has 0 N–H and O–H groups in total. The second-order valence-corrected chi connectivity index (χ2v) is 9.93. The first kappa shape index (κ1) is 18.3. The van der Waals surface area contributed by atoms with E-state index >= 15 is 0 Å². The van der Waals surface area contributed by atoms with Gasteiger partial charge in [-0.25, -0.2) is 9.78 Å². The summed E-state index contributed by atoms with van der Waals surface area (Å²) >= 11 is 0. The lowest BCUT2D eigenvalue weighted by atomic mass is 9.57. The molecule has 4 heterocycles. The fourth-order valence-corrected chi connectivity index (χ4v) is 6.67. The van der Waals surface area contributed by atoms with Crippen LogP contribution >= 0.6 is 0 Å². The molecule has 1 spiro atoms. The Balaban J connectivity index is 1.44. The van der Waals surface area contributed by atoms with Gasteiger partial charge in [-0.05, 0) is 66.3 Å². The van der Waals surface area contributed by atoms with Crippen LogP contribution in [-0.2, 0) is 19.2 Å². The molecule has 154 valence electrons. The molecule has 8 atom stereocenters. The lowest BCUT2D eigenvalue weighted by Crippen LogP contribution is -2.69. The van der Waals surface area contributed by atoms with E-state index in [-0.39, 0.29) is 12.4 Å². The molecule has 4 saturated heterocycles. The maximum atomic E-state index is 6.76. The van der Waals surface area contributed by atoms with E-state index in [1.165, 1.54) is 22.8 Å². The number of hydrogen-bond donors (Lipinski definition) is 0. The van der Waals surface area contributed by atoms with Crippen LogP contribution < -0.4 is 0 Å². The molecule has 0 unspecified atom stereocenters. The zero-order valence-corrected chi connectivity index (χ0v) is 17.5. The fraction of sp³-hybridized carbons (Fsp3) is 0.600. The topological polar surface area (TPSA) is 36.9 Å².